The number of benzene rings is 1. The van der Waals surface area contributed by atoms with Gasteiger partial charge >= 0.3 is 6.18 Å². The summed E-state index contributed by atoms with van der Waals surface area (Å²) in [5, 5.41) is 13.1. The number of rotatable bonds is 2. The largest absolute Gasteiger partial charge is 0.438 e. The molecular formula is C11H9F3N2O2. The minimum Gasteiger partial charge on any atom is -0.362 e. The van der Waals surface area contributed by atoms with E-state index in [9.17, 15) is 23.1 Å². The van der Waals surface area contributed by atoms with Crippen LogP contribution in [0, 0.1) is 0 Å². The standard InChI is InChI=1S/C11H9F3N2O2/c12-11(13,14)10(18)6-9(15-16(10)7-17)8-4-2-1-3-5-8/h1-5,7,18H,6H2. The second kappa shape index (κ2) is 4.09. The number of hydrazone groups is 1. The fourth-order valence-corrected chi connectivity index (χ4v) is 1.69. The van der Waals surface area contributed by atoms with Gasteiger partial charge in [0.2, 0.25) is 6.41 Å². The summed E-state index contributed by atoms with van der Waals surface area (Å²) in [4.78, 5) is 10.6. The molecule has 0 saturated carbocycles. The Morgan fingerprint density at radius 3 is 2.39 bits per heavy atom. The highest BCUT2D eigenvalue weighted by molar-refractivity contribution is 6.02. The lowest BCUT2D eigenvalue weighted by atomic mass is 10.0. The Hall–Kier alpha value is -1.89. The van der Waals surface area contributed by atoms with Crippen LogP contribution in [0.3, 0.4) is 0 Å². The summed E-state index contributed by atoms with van der Waals surface area (Å²) < 4.78 is 38.2. The first-order chi connectivity index (χ1) is 8.38. The number of alkyl halides is 3. The minimum absolute atomic E-state index is 0.00926. The average molecular weight is 258 g/mol. The zero-order valence-corrected chi connectivity index (χ0v) is 9.05. The molecule has 0 saturated heterocycles. The van der Waals surface area contributed by atoms with Crippen molar-refractivity contribution in [3.8, 4) is 0 Å². The molecule has 0 spiro atoms. The van der Waals surface area contributed by atoms with Gasteiger partial charge in [0, 0.05) is 0 Å². The molecule has 1 aromatic carbocycles. The molecule has 1 atom stereocenters. The highest BCUT2D eigenvalue weighted by Gasteiger charge is 2.61. The van der Waals surface area contributed by atoms with Crippen LogP contribution >= 0.6 is 0 Å². The number of amides is 1. The zero-order chi connectivity index (χ0) is 13.4. The molecule has 2 rings (SSSR count). The van der Waals surface area contributed by atoms with Crippen LogP contribution in [0.25, 0.3) is 0 Å². The van der Waals surface area contributed by atoms with E-state index in [1.54, 1.807) is 30.3 Å². The second-order valence-corrected chi connectivity index (χ2v) is 3.85. The number of aliphatic hydroxyl groups is 1. The molecule has 96 valence electrons. The topological polar surface area (TPSA) is 52.9 Å². The molecule has 0 radical (unpaired) electrons. The highest BCUT2D eigenvalue weighted by atomic mass is 19.4. The number of carbonyl (C=O) groups excluding carboxylic acids is 1. The van der Waals surface area contributed by atoms with E-state index in [1.165, 1.54) is 0 Å². The van der Waals surface area contributed by atoms with Crippen LogP contribution < -0.4 is 0 Å². The Bertz CT molecular complexity index is 487. The lowest BCUT2D eigenvalue weighted by molar-refractivity contribution is -0.299. The maximum absolute atomic E-state index is 12.7. The highest BCUT2D eigenvalue weighted by Crippen LogP contribution is 2.40. The summed E-state index contributed by atoms with van der Waals surface area (Å²) in [6, 6.07) is 8.09. The monoisotopic (exact) mass is 258 g/mol. The van der Waals surface area contributed by atoms with Crippen LogP contribution in [-0.2, 0) is 4.79 Å². The molecule has 0 aliphatic carbocycles. The Morgan fingerprint density at radius 1 is 1.33 bits per heavy atom. The summed E-state index contributed by atoms with van der Waals surface area (Å²) >= 11 is 0. The summed E-state index contributed by atoms with van der Waals surface area (Å²) in [5.74, 6) is 0. The smallest absolute Gasteiger partial charge is 0.362 e. The maximum Gasteiger partial charge on any atom is 0.438 e. The van der Waals surface area contributed by atoms with E-state index in [1.807, 2.05) is 0 Å². The van der Waals surface area contributed by atoms with Gasteiger partial charge in [-0.1, -0.05) is 30.3 Å². The molecule has 7 heteroatoms. The van der Waals surface area contributed by atoms with Crippen LogP contribution in [0.1, 0.15) is 12.0 Å². The summed E-state index contributed by atoms with van der Waals surface area (Å²) in [6.07, 6.45) is -5.88. The van der Waals surface area contributed by atoms with Crippen molar-refractivity contribution in [3.05, 3.63) is 35.9 Å². The van der Waals surface area contributed by atoms with Gasteiger partial charge in [-0.05, 0) is 5.56 Å². The van der Waals surface area contributed by atoms with E-state index >= 15 is 0 Å². The van der Waals surface area contributed by atoms with E-state index in [0.29, 0.717) is 5.56 Å². The predicted octanol–water partition coefficient (Wildman–Crippen LogP) is 1.50. The first-order valence-electron chi connectivity index (χ1n) is 5.05. The minimum atomic E-state index is -4.96. The fraction of sp³-hybridized carbons (Fsp3) is 0.273. The second-order valence-electron chi connectivity index (χ2n) is 3.85. The Kier molecular flexibility index (Phi) is 2.86. The molecule has 1 aromatic rings. The van der Waals surface area contributed by atoms with Crippen molar-refractivity contribution in [1.29, 1.82) is 0 Å². The SMILES string of the molecule is O=CN1N=C(c2ccccc2)CC1(O)C(F)(F)F. The zero-order valence-electron chi connectivity index (χ0n) is 9.05. The van der Waals surface area contributed by atoms with Crippen molar-refractivity contribution in [2.24, 2.45) is 5.10 Å². The van der Waals surface area contributed by atoms with Crippen LogP contribution in [0.4, 0.5) is 13.2 Å². The van der Waals surface area contributed by atoms with Gasteiger partial charge in [0.25, 0.3) is 5.72 Å². The van der Waals surface area contributed by atoms with Crippen molar-refractivity contribution in [2.45, 2.75) is 18.3 Å². The van der Waals surface area contributed by atoms with Gasteiger partial charge in [0.15, 0.2) is 0 Å². The van der Waals surface area contributed by atoms with Gasteiger partial charge in [-0.2, -0.15) is 23.3 Å². The lowest BCUT2D eigenvalue weighted by Crippen LogP contribution is -2.54. The van der Waals surface area contributed by atoms with Gasteiger partial charge in [-0.3, -0.25) is 4.79 Å². The van der Waals surface area contributed by atoms with Crippen LogP contribution in [-0.4, -0.2) is 34.1 Å². The van der Waals surface area contributed by atoms with Crippen LogP contribution in [0.5, 0.6) is 0 Å². The third kappa shape index (κ3) is 1.86. The maximum atomic E-state index is 12.7. The third-order valence-electron chi connectivity index (χ3n) is 2.68. The number of halogens is 3. The normalized spacial score (nSPS) is 24.0. The van der Waals surface area contributed by atoms with E-state index in [-0.39, 0.29) is 17.1 Å². The van der Waals surface area contributed by atoms with Gasteiger partial charge in [0.1, 0.15) is 0 Å². The van der Waals surface area contributed by atoms with Gasteiger partial charge < -0.3 is 5.11 Å². The van der Waals surface area contributed by atoms with Gasteiger partial charge in [-0.25, -0.2) is 0 Å². The Morgan fingerprint density at radius 2 is 1.94 bits per heavy atom. The van der Waals surface area contributed by atoms with Crippen molar-refractivity contribution >= 4 is 12.1 Å². The molecular weight excluding hydrogens is 249 g/mol. The number of carbonyl (C=O) groups is 1. The first-order valence-corrected chi connectivity index (χ1v) is 5.05. The predicted molar refractivity (Wildman–Crippen MR) is 56.5 cm³/mol. The van der Waals surface area contributed by atoms with E-state index in [4.69, 9.17) is 0 Å². The van der Waals surface area contributed by atoms with Crippen LogP contribution in [0.2, 0.25) is 0 Å². The Labute approximate surface area is 100 Å². The molecule has 1 heterocycles. The molecule has 1 unspecified atom stereocenters. The summed E-state index contributed by atoms with van der Waals surface area (Å²) in [6.45, 7) is 0. The number of hydrogen-bond donors (Lipinski definition) is 1. The van der Waals surface area contributed by atoms with Gasteiger partial charge in [0.05, 0.1) is 12.1 Å². The molecule has 1 aliphatic heterocycles. The van der Waals surface area contributed by atoms with Crippen LogP contribution in [0.15, 0.2) is 35.4 Å². The van der Waals surface area contributed by atoms with Crippen molar-refractivity contribution in [2.75, 3.05) is 0 Å². The molecule has 1 aliphatic rings. The molecule has 0 fully saturated rings. The molecule has 0 bridgehead atoms. The molecule has 1 N–H and O–H groups in total. The molecule has 4 nitrogen and oxygen atoms in total. The van der Waals surface area contributed by atoms with E-state index in [2.05, 4.69) is 5.10 Å². The quantitative estimate of drug-likeness (QED) is 0.817. The third-order valence-corrected chi connectivity index (χ3v) is 2.68. The van der Waals surface area contributed by atoms with Crippen molar-refractivity contribution < 1.29 is 23.1 Å². The molecule has 1 amide bonds. The summed E-state index contributed by atoms with van der Waals surface area (Å²) in [5.41, 5.74) is -2.81. The average Bonchev–Trinajstić information content (AvgIpc) is 2.68. The van der Waals surface area contributed by atoms with E-state index in [0.717, 1.165) is 0 Å². The number of hydrogen-bond acceptors (Lipinski definition) is 3. The van der Waals surface area contributed by atoms with E-state index < -0.39 is 18.3 Å². The first kappa shape index (κ1) is 12.6. The summed E-state index contributed by atoms with van der Waals surface area (Å²) in [7, 11) is 0. The van der Waals surface area contributed by atoms with Crippen molar-refractivity contribution in [1.82, 2.24) is 5.01 Å². The Balaban J connectivity index is 2.37. The fourth-order valence-electron chi connectivity index (χ4n) is 1.69. The van der Waals surface area contributed by atoms with Crippen molar-refractivity contribution in [3.63, 3.8) is 0 Å². The molecule has 18 heavy (non-hydrogen) atoms. The molecule has 0 aromatic heterocycles. The number of nitrogens with zero attached hydrogens (tertiary/aromatic N) is 2. The van der Waals surface area contributed by atoms with Gasteiger partial charge in [-0.15, -0.1) is 0 Å². The lowest BCUT2D eigenvalue weighted by Gasteiger charge is -2.29.